The quantitative estimate of drug-likeness (QED) is 0.524. The lowest BCUT2D eigenvalue weighted by Gasteiger charge is -2.12. The number of carbonyl (C=O) groups excluding carboxylic acids is 1. The van der Waals surface area contributed by atoms with Crippen LogP contribution in [-0.2, 0) is 9.53 Å². The first kappa shape index (κ1) is 9.48. The van der Waals surface area contributed by atoms with E-state index in [-0.39, 0.29) is 18.1 Å². The summed E-state index contributed by atoms with van der Waals surface area (Å²) in [6, 6.07) is -0.362. The summed E-state index contributed by atoms with van der Waals surface area (Å²) >= 11 is 0. The van der Waals surface area contributed by atoms with E-state index in [4.69, 9.17) is 10.5 Å². The van der Waals surface area contributed by atoms with Crippen molar-refractivity contribution >= 4 is 5.91 Å². The highest BCUT2D eigenvalue weighted by atomic mass is 16.5. The molecule has 5 nitrogen and oxygen atoms in total. The van der Waals surface area contributed by atoms with Gasteiger partial charge in [-0.1, -0.05) is 0 Å². The predicted molar refractivity (Wildman–Crippen MR) is 50.9 cm³/mol. The molecule has 2 heterocycles. The highest BCUT2D eigenvalue weighted by Gasteiger charge is 2.30. The van der Waals surface area contributed by atoms with Crippen molar-refractivity contribution in [3.63, 3.8) is 0 Å². The number of hydrogen-bond donors (Lipinski definition) is 3. The standard InChI is InChI=1S/C9H15N3O2/c1-5-2-3-6-7(4-14-5)11-12-8(6)9(10)13/h5,8,11-12H,2-4H2,1H3,(H2,10,13). The number of hydrazine groups is 1. The lowest BCUT2D eigenvalue weighted by molar-refractivity contribution is -0.119. The smallest absolute Gasteiger partial charge is 0.240 e. The normalized spacial score (nSPS) is 32.1. The lowest BCUT2D eigenvalue weighted by atomic mass is 10.0. The summed E-state index contributed by atoms with van der Waals surface area (Å²) in [6.07, 6.45) is 2.05. The molecular weight excluding hydrogens is 182 g/mol. The molecule has 5 heteroatoms. The van der Waals surface area contributed by atoms with E-state index in [1.165, 1.54) is 0 Å². The van der Waals surface area contributed by atoms with Crippen molar-refractivity contribution in [2.24, 2.45) is 5.73 Å². The Morgan fingerprint density at radius 1 is 1.64 bits per heavy atom. The molecule has 0 aliphatic carbocycles. The SMILES string of the molecule is CC1CCC2=C(CO1)NNC2C(N)=O. The number of nitrogens with two attached hydrogens (primary N) is 1. The Morgan fingerprint density at radius 3 is 3.14 bits per heavy atom. The maximum atomic E-state index is 11.1. The molecule has 0 fully saturated rings. The van der Waals surface area contributed by atoms with Crippen LogP contribution < -0.4 is 16.6 Å². The Morgan fingerprint density at radius 2 is 2.43 bits per heavy atom. The van der Waals surface area contributed by atoms with E-state index in [0.717, 1.165) is 24.1 Å². The molecule has 0 bridgehead atoms. The van der Waals surface area contributed by atoms with Crippen molar-refractivity contribution in [3.05, 3.63) is 11.3 Å². The van der Waals surface area contributed by atoms with E-state index >= 15 is 0 Å². The number of nitrogens with one attached hydrogen (secondary N) is 2. The fourth-order valence-electron chi connectivity index (χ4n) is 1.84. The van der Waals surface area contributed by atoms with Crippen LogP contribution in [0.4, 0.5) is 0 Å². The molecule has 78 valence electrons. The second kappa shape index (κ2) is 3.59. The first-order valence-corrected chi connectivity index (χ1v) is 4.83. The third-order valence-corrected chi connectivity index (χ3v) is 2.72. The van der Waals surface area contributed by atoms with Crippen LogP contribution in [0, 0.1) is 0 Å². The Hall–Kier alpha value is -1.07. The van der Waals surface area contributed by atoms with Crippen LogP contribution in [-0.4, -0.2) is 24.7 Å². The van der Waals surface area contributed by atoms with Gasteiger partial charge in [-0.2, -0.15) is 0 Å². The van der Waals surface area contributed by atoms with Crippen molar-refractivity contribution in [3.8, 4) is 0 Å². The van der Waals surface area contributed by atoms with Crippen LogP contribution in [0.5, 0.6) is 0 Å². The molecule has 0 aromatic rings. The zero-order valence-electron chi connectivity index (χ0n) is 8.17. The van der Waals surface area contributed by atoms with Crippen LogP contribution in [0.15, 0.2) is 11.3 Å². The van der Waals surface area contributed by atoms with Gasteiger partial charge in [0.25, 0.3) is 0 Å². The summed E-state index contributed by atoms with van der Waals surface area (Å²) in [5.74, 6) is -0.336. The highest BCUT2D eigenvalue weighted by molar-refractivity contribution is 5.84. The van der Waals surface area contributed by atoms with E-state index in [0.29, 0.717) is 6.61 Å². The molecule has 2 aliphatic rings. The second-order valence-corrected chi connectivity index (χ2v) is 3.77. The first-order chi connectivity index (χ1) is 6.68. The Bertz CT molecular complexity index is 288. The maximum absolute atomic E-state index is 11.1. The van der Waals surface area contributed by atoms with Gasteiger partial charge in [-0.05, 0) is 25.3 Å². The second-order valence-electron chi connectivity index (χ2n) is 3.77. The van der Waals surface area contributed by atoms with E-state index < -0.39 is 0 Å². The molecule has 14 heavy (non-hydrogen) atoms. The zero-order valence-corrected chi connectivity index (χ0v) is 8.17. The molecular formula is C9H15N3O2. The number of ether oxygens (including phenoxy) is 1. The molecule has 2 aliphatic heterocycles. The molecule has 1 amide bonds. The average molecular weight is 197 g/mol. The number of primary amides is 1. The molecule has 0 spiro atoms. The van der Waals surface area contributed by atoms with Crippen LogP contribution in [0.3, 0.4) is 0 Å². The Balaban J connectivity index is 2.15. The summed E-state index contributed by atoms with van der Waals surface area (Å²) < 4.78 is 5.53. The van der Waals surface area contributed by atoms with E-state index in [9.17, 15) is 4.79 Å². The van der Waals surface area contributed by atoms with Gasteiger partial charge in [-0.3, -0.25) is 4.79 Å². The van der Waals surface area contributed by atoms with Gasteiger partial charge in [-0.15, -0.1) is 0 Å². The molecule has 0 saturated carbocycles. The van der Waals surface area contributed by atoms with Crippen molar-refractivity contribution in [2.45, 2.75) is 31.9 Å². The van der Waals surface area contributed by atoms with Crippen molar-refractivity contribution < 1.29 is 9.53 Å². The molecule has 2 rings (SSSR count). The fraction of sp³-hybridized carbons (Fsp3) is 0.667. The number of carbonyl (C=O) groups is 1. The number of hydrogen-bond acceptors (Lipinski definition) is 4. The van der Waals surface area contributed by atoms with Gasteiger partial charge in [0.1, 0.15) is 6.04 Å². The average Bonchev–Trinajstić information content (AvgIpc) is 2.46. The van der Waals surface area contributed by atoms with Gasteiger partial charge in [0.2, 0.25) is 5.91 Å². The summed E-state index contributed by atoms with van der Waals surface area (Å²) in [7, 11) is 0. The van der Waals surface area contributed by atoms with Gasteiger partial charge < -0.3 is 15.9 Å². The summed E-state index contributed by atoms with van der Waals surface area (Å²) in [5.41, 5.74) is 13.1. The molecule has 0 saturated heterocycles. The maximum Gasteiger partial charge on any atom is 0.240 e. The largest absolute Gasteiger partial charge is 0.372 e. The first-order valence-electron chi connectivity index (χ1n) is 4.83. The van der Waals surface area contributed by atoms with Crippen LogP contribution in [0.25, 0.3) is 0 Å². The van der Waals surface area contributed by atoms with Crippen LogP contribution in [0.1, 0.15) is 19.8 Å². The number of amides is 1. The van der Waals surface area contributed by atoms with Crippen LogP contribution >= 0.6 is 0 Å². The Kier molecular flexibility index (Phi) is 2.43. The monoisotopic (exact) mass is 197 g/mol. The summed E-state index contributed by atoms with van der Waals surface area (Å²) in [5, 5.41) is 0. The zero-order chi connectivity index (χ0) is 10.1. The minimum atomic E-state index is -0.362. The number of rotatable bonds is 1. The molecule has 0 radical (unpaired) electrons. The Labute approximate surface area is 82.6 Å². The summed E-state index contributed by atoms with van der Waals surface area (Å²) in [6.45, 7) is 2.57. The minimum Gasteiger partial charge on any atom is -0.372 e. The third kappa shape index (κ3) is 1.60. The molecule has 0 aromatic carbocycles. The molecule has 2 unspecified atom stereocenters. The molecule has 4 N–H and O–H groups in total. The lowest BCUT2D eigenvalue weighted by Crippen LogP contribution is -2.43. The fourth-order valence-corrected chi connectivity index (χ4v) is 1.84. The van der Waals surface area contributed by atoms with E-state index in [2.05, 4.69) is 10.9 Å². The van der Waals surface area contributed by atoms with Gasteiger partial charge in [0, 0.05) is 0 Å². The summed E-state index contributed by atoms with van der Waals surface area (Å²) in [4.78, 5) is 11.1. The minimum absolute atomic E-state index is 0.246. The van der Waals surface area contributed by atoms with Crippen molar-refractivity contribution in [1.29, 1.82) is 0 Å². The van der Waals surface area contributed by atoms with E-state index in [1.807, 2.05) is 6.92 Å². The highest BCUT2D eigenvalue weighted by Crippen LogP contribution is 2.23. The topological polar surface area (TPSA) is 76.4 Å². The molecule has 0 aromatic heterocycles. The van der Waals surface area contributed by atoms with E-state index in [1.54, 1.807) is 0 Å². The third-order valence-electron chi connectivity index (χ3n) is 2.72. The van der Waals surface area contributed by atoms with Gasteiger partial charge in [0.05, 0.1) is 18.4 Å². The van der Waals surface area contributed by atoms with Gasteiger partial charge >= 0.3 is 0 Å². The van der Waals surface area contributed by atoms with Crippen molar-refractivity contribution in [1.82, 2.24) is 10.9 Å². The van der Waals surface area contributed by atoms with Gasteiger partial charge in [-0.25, -0.2) is 5.43 Å². The van der Waals surface area contributed by atoms with Crippen LogP contribution in [0.2, 0.25) is 0 Å². The predicted octanol–water partition coefficient (Wildman–Crippen LogP) is -0.599. The molecule has 2 atom stereocenters. The van der Waals surface area contributed by atoms with Gasteiger partial charge in [0.15, 0.2) is 0 Å². The van der Waals surface area contributed by atoms with Crippen molar-refractivity contribution in [2.75, 3.05) is 6.61 Å².